The summed E-state index contributed by atoms with van der Waals surface area (Å²) in [6, 6.07) is 21.1. The van der Waals surface area contributed by atoms with Gasteiger partial charge in [-0.3, -0.25) is 4.98 Å². The van der Waals surface area contributed by atoms with Crippen LogP contribution in [0.15, 0.2) is 79.0 Å². The number of benzene rings is 2. The summed E-state index contributed by atoms with van der Waals surface area (Å²) in [5.74, 6) is 0.386. The molecule has 8 heteroatoms. The van der Waals surface area contributed by atoms with Gasteiger partial charge in [-0.1, -0.05) is 44.2 Å². The summed E-state index contributed by atoms with van der Waals surface area (Å²) in [6.07, 6.45) is -2.74. The van der Waals surface area contributed by atoms with Crippen molar-refractivity contribution in [3.05, 3.63) is 113 Å². The molecule has 38 heavy (non-hydrogen) atoms. The molecule has 1 saturated heterocycles. The van der Waals surface area contributed by atoms with Crippen LogP contribution in [0.1, 0.15) is 65.6 Å². The van der Waals surface area contributed by atoms with Gasteiger partial charge in [0.05, 0.1) is 29.0 Å². The van der Waals surface area contributed by atoms with Crippen molar-refractivity contribution < 1.29 is 13.2 Å². The summed E-state index contributed by atoms with van der Waals surface area (Å²) in [6.45, 7) is 7.99. The first-order valence-electron chi connectivity index (χ1n) is 12.5. The molecule has 196 valence electrons. The lowest BCUT2D eigenvalue weighted by molar-refractivity contribution is -0.137. The summed E-state index contributed by atoms with van der Waals surface area (Å²) in [4.78, 5) is 6.65. The van der Waals surface area contributed by atoms with E-state index < -0.39 is 11.7 Å². The summed E-state index contributed by atoms with van der Waals surface area (Å²) < 4.78 is 43.6. The molecule has 0 bridgehead atoms. The summed E-state index contributed by atoms with van der Waals surface area (Å²) in [5, 5.41) is 3.99. The van der Waals surface area contributed by atoms with Gasteiger partial charge in [-0.15, -0.1) is 0 Å². The SMILES string of the molecule is Cc1cc([C@@H]2[C@H](c3ccccn3)NC(=S)N2c2ccc(C(C)C)cc2)c(C)n1-c1ccccc1C(F)(F)F. The van der Waals surface area contributed by atoms with Gasteiger partial charge < -0.3 is 14.8 Å². The average molecular weight is 535 g/mol. The highest BCUT2D eigenvalue weighted by Crippen LogP contribution is 2.44. The Bertz CT molecular complexity index is 1460. The largest absolute Gasteiger partial charge is 0.418 e. The number of alkyl halides is 3. The Morgan fingerprint density at radius 1 is 0.947 bits per heavy atom. The maximum Gasteiger partial charge on any atom is 0.418 e. The van der Waals surface area contributed by atoms with Gasteiger partial charge in [-0.25, -0.2) is 0 Å². The predicted molar refractivity (Wildman–Crippen MR) is 149 cm³/mol. The first-order chi connectivity index (χ1) is 18.1. The fourth-order valence-electron chi connectivity index (χ4n) is 5.33. The van der Waals surface area contributed by atoms with E-state index in [-0.39, 0.29) is 17.8 Å². The number of anilines is 1. The zero-order chi connectivity index (χ0) is 27.2. The van der Waals surface area contributed by atoms with E-state index in [0.29, 0.717) is 16.7 Å². The number of aryl methyl sites for hydroxylation is 1. The standard InChI is InChI=1S/C30H29F3N4S/c1-18(2)21-12-14-22(15-13-21)37-28(27(35-29(37)38)25-10-7-8-16-34-25)23-17-19(3)36(20(23)4)26-11-6-5-9-24(26)30(31,32)33/h5-18,27-28H,1-4H3,(H,35,38)/t27-,28+/m0/s1. The van der Waals surface area contributed by atoms with Crippen LogP contribution in [-0.2, 0) is 6.18 Å². The Hall–Kier alpha value is -3.65. The number of hydrogen-bond acceptors (Lipinski definition) is 2. The minimum absolute atomic E-state index is 0.108. The van der Waals surface area contributed by atoms with E-state index in [0.717, 1.165) is 28.7 Å². The number of aromatic nitrogens is 2. The highest BCUT2D eigenvalue weighted by molar-refractivity contribution is 7.80. The van der Waals surface area contributed by atoms with Crippen LogP contribution in [0, 0.1) is 13.8 Å². The number of nitrogens with zero attached hydrogens (tertiary/aromatic N) is 3. The highest BCUT2D eigenvalue weighted by Gasteiger charge is 2.43. The molecule has 1 fully saturated rings. The zero-order valence-electron chi connectivity index (χ0n) is 21.6. The van der Waals surface area contributed by atoms with Crippen LogP contribution >= 0.6 is 12.2 Å². The predicted octanol–water partition coefficient (Wildman–Crippen LogP) is 7.81. The normalized spacial score (nSPS) is 17.8. The molecule has 1 aliphatic rings. The number of thiocarbonyl (C=S) groups is 1. The molecular weight excluding hydrogens is 505 g/mol. The topological polar surface area (TPSA) is 33.1 Å². The van der Waals surface area contributed by atoms with Crippen molar-refractivity contribution in [1.29, 1.82) is 0 Å². The molecule has 4 aromatic rings. The molecule has 0 aliphatic carbocycles. The third-order valence-corrected chi connectivity index (χ3v) is 7.49. The minimum atomic E-state index is -4.48. The maximum absolute atomic E-state index is 14.0. The Balaban J connectivity index is 1.68. The summed E-state index contributed by atoms with van der Waals surface area (Å²) in [5.41, 5.74) is 4.69. The minimum Gasteiger partial charge on any atom is -0.351 e. The molecule has 2 atom stereocenters. The molecule has 2 aromatic heterocycles. The lowest BCUT2D eigenvalue weighted by Gasteiger charge is -2.28. The van der Waals surface area contributed by atoms with Crippen LogP contribution in [-0.4, -0.2) is 14.7 Å². The summed E-state index contributed by atoms with van der Waals surface area (Å²) >= 11 is 5.84. The number of hydrogen-bond donors (Lipinski definition) is 1. The number of para-hydroxylation sites is 1. The lowest BCUT2D eigenvalue weighted by atomic mass is 9.96. The van der Waals surface area contributed by atoms with E-state index in [1.807, 2.05) is 38.1 Å². The van der Waals surface area contributed by atoms with E-state index in [9.17, 15) is 13.2 Å². The fourth-order valence-corrected chi connectivity index (χ4v) is 5.68. The van der Waals surface area contributed by atoms with Crippen LogP contribution in [0.4, 0.5) is 18.9 Å². The third kappa shape index (κ3) is 4.58. The Morgan fingerprint density at radius 2 is 1.63 bits per heavy atom. The number of halogens is 3. The number of nitrogens with one attached hydrogen (secondary N) is 1. The van der Waals surface area contributed by atoms with Crippen LogP contribution in [0.25, 0.3) is 5.69 Å². The van der Waals surface area contributed by atoms with Crippen molar-refractivity contribution in [1.82, 2.24) is 14.9 Å². The fraction of sp³-hybridized carbons (Fsp3) is 0.267. The van der Waals surface area contributed by atoms with Crippen LogP contribution in [0.2, 0.25) is 0 Å². The van der Waals surface area contributed by atoms with Crippen molar-refractivity contribution in [3.8, 4) is 5.69 Å². The Labute approximate surface area is 226 Å². The second kappa shape index (κ2) is 9.91. The van der Waals surface area contributed by atoms with Gasteiger partial charge in [0.2, 0.25) is 0 Å². The van der Waals surface area contributed by atoms with Gasteiger partial charge in [0.1, 0.15) is 0 Å². The molecule has 0 saturated carbocycles. The molecule has 3 heterocycles. The van der Waals surface area contributed by atoms with Crippen LogP contribution in [0.5, 0.6) is 0 Å². The van der Waals surface area contributed by atoms with Gasteiger partial charge in [0.25, 0.3) is 0 Å². The molecular formula is C30H29F3N4S. The van der Waals surface area contributed by atoms with E-state index in [1.54, 1.807) is 16.8 Å². The lowest BCUT2D eigenvalue weighted by Crippen LogP contribution is -2.29. The molecule has 0 amide bonds. The van der Waals surface area contributed by atoms with Crippen LogP contribution < -0.4 is 10.2 Å². The molecule has 1 N–H and O–H groups in total. The first kappa shape index (κ1) is 26.0. The molecule has 4 nitrogen and oxygen atoms in total. The molecule has 2 aromatic carbocycles. The maximum atomic E-state index is 14.0. The van der Waals surface area contributed by atoms with Crippen molar-refractivity contribution in [2.45, 2.75) is 51.9 Å². The zero-order valence-corrected chi connectivity index (χ0v) is 22.4. The van der Waals surface area contributed by atoms with Gasteiger partial charge in [-0.05, 0) is 85.6 Å². The van der Waals surface area contributed by atoms with E-state index in [2.05, 4.69) is 53.3 Å². The molecule has 0 radical (unpaired) electrons. The van der Waals surface area contributed by atoms with E-state index in [1.165, 1.54) is 17.7 Å². The quantitative estimate of drug-likeness (QED) is 0.265. The second-order valence-corrected chi connectivity index (χ2v) is 10.3. The van der Waals surface area contributed by atoms with Gasteiger partial charge in [0, 0.05) is 23.3 Å². The van der Waals surface area contributed by atoms with Crippen molar-refractivity contribution in [2.75, 3.05) is 4.90 Å². The second-order valence-electron chi connectivity index (χ2n) is 9.92. The Morgan fingerprint density at radius 3 is 2.26 bits per heavy atom. The third-order valence-electron chi connectivity index (χ3n) is 7.18. The molecule has 5 rings (SSSR count). The first-order valence-corrected chi connectivity index (χ1v) is 12.9. The smallest absolute Gasteiger partial charge is 0.351 e. The van der Waals surface area contributed by atoms with Crippen molar-refractivity contribution >= 4 is 23.0 Å². The van der Waals surface area contributed by atoms with Crippen LogP contribution in [0.3, 0.4) is 0 Å². The van der Waals surface area contributed by atoms with Crippen molar-refractivity contribution in [2.24, 2.45) is 0 Å². The molecule has 1 aliphatic heterocycles. The van der Waals surface area contributed by atoms with Gasteiger partial charge >= 0.3 is 6.18 Å². The monoisotopic (exact) mass is 534 g/mol. The molecule has 0 unspecified atom stereocenters. The van der Waals surface area contributed by atoms with Gasteiger partial charge in [0.15, 0.2) is 5.11 Å². The number of rotatable bonds is 5. The number of pyridine rings is 1. The average Bonchev–Trinajstić information content (AvgIpc) is 3.39. The van der Waals surface area contributed by atoms with Crippen molar-refractivity contribution in [3.63, 3.8) is 0 Å². The summed E-state index contributed by atoms with van der Waals surface area (Å²) in [7, 11) is 0. The van der Waals surface area contributed by atoms with Gasteiger partial charge in [-0.2, -0.15) is 13.2 Å². The highest BCUT2D eigenvalue weighted by atomic mass is 32.1. The molecule has 0 spiro atoms. The van der Waals surface area contributed by atoms with E-state index >= 15 is 0 Å². The Kier molecular flexibility index (Phi) is 6.77. The van der Waals surface area contributed by atoms with E-state index in [4.69, 9.17) is 12.2 Å².